The minimum Gasteiger partial charge on any atom is -0.397 e. The van der Waals surface area contributed by atoms with Crippen molar-refractivity contribution in [1.29, 1.82) is 0 Å². The van der Waals surface area contributed by atoms with Crippen molar-refractivity contribution in [2.45, 2.75) is 12.5 Å². The van der Waals surface area contributed by atoms with E-state index < -0.39 is 11.7 Å². The fraction of sp³-hybridized carbons (Fsp3) is 0.417. The Bertz CT molecular complexity index is 481. The molecule has 1 aliphatic heterocycles. The van der Waals surface area contributed by atoms with E-state index in [9.17, 15) is 9.18 Å². The lowest BCUT2D eigenvalue weighted by atomic mass is 10.1. The van der Waals surface area contributed by atoms with Gasteiger partial charge in [0.1, 0.15) is 5.82 Å². The summed E-state index contributed by atoms with van der Waals surface area (Å²) < 4.78 is 13.6. The van der Waals surface area contributed by atoms with Crippen molar-refractivity contribution >= 4 is 23.2 Å². The third-order valence-corrected chi connectivity index (χ3v) is 3.38. The Morgan fingerprint density at radius 1 is 1.61 bits per heavy atom. The summed E-state index contributed by atoms with van der Waals surface area (Å²) in [6.07, 6.45) is 0.868. The molecule has 4 nitrogen and oxygen atoms in total. The molecule has 0 aromatic heterocycles. The van der Waals surface area contributed by atoms with Crippen LogP contribution in [-0.2, 0) is 0 Å². The van der Waals surface area contributed by atoms with Gasteiger partial charge in [0.15, 0.2) is 0 Å². The lowest BCUT2D eigenvalue weighted by Gasteiger charge is -2.13. The first-order valence-electron chi connectivity index (χ1n) is 5.71. The second-order valence-corrected chi connectivity index (χ2v) is 4.98. The fourth-order valence-corrected chi connectivity index (χ4v) is 2.22. The van der Waals surface area contributed by atoms with E-state index in [1.54, 1.807) is 0 Å². The molecule has 1 aromatic rings. The van der Waals surface area contributed by atoms with E-state index in [1.807, 2.05) is 7.05 Å². The average Bonchev–Trinajstić information content (AvgIpc) is 2.69. The highest BCUT2D eigenvalue weighted by Crippen LogP contribution is 2.23. The quantitative estimate of drug-likeness (QED) is 0.802. The molecule has 3 N–H and O–H groups in total. The zero-order valence-corrected chi connectivity index (χ0v) is 10.8. The van der Waals surface area contributed by atoms with Crippen molar-refractivity contribution < 1.29 is 9.18 Å². The van der Waals surface area contributed by atoms with E-state index in [0.717, 1.165) is 25.6 Å². The molecule has 1 heterocycles. The summed E-state index contributed by atoms with van der Waals surface area (Å²) in [7, 11) is 1.98. The van der Waals surface area contributed by atoms with Crippen LogP contribution in [0, 0.1) is 5.82 Å². The number of rotatable bonds is 2. The Hall–Kier alpha value is -1.33. The monoisotopic (exact) mass is 271 g/mol. The molecule has 1 saturated heterocycles. The summed E-state index contributed by atoms with van der Waals surface area (Å²) in [6.45, 7) is 1.70. The smallest absolute Gasteiger partial charge is 0.254 e. The summed E-state index contributed by atoms with van der Waals surface area (Å²) in [5.74, 6) is -1.10. The Morgan fingerprint density at radius 2 is 2.33 bits per heavy atom. The lowest BCUT2D eigenvalue weighted by molar-refractivity contribution is 0.0934. The molecule has 0 saturated carbocycles. The predicted molar refractivity (Wildman–Crippen MR) is 69.2 cm³/mol. The predicted octanol–water partition coefficient (Wildman–Crippen LogP) is 1.50. The second-order valence-electron chi connectivity index (χ2n) is 4.57. The van der Waals surface area contributed by atoms with Crippen molar-refractivity contribution in [1.82, 2.24) is 10.2 Å². The van der Waals surface area contributed by atoms with E-state index in [1.165, 1.54) is 6.07 Å². The van der Waals surface area contributed by atoms with Crippen LogP contribution in [-0.4, -0.2) is 37.0 Å². The molecule has 1 amide bonds. The number of likely N-dealkylation sites (N-methyl/N-ethyl adjacent to an activating group) is 1. The first kappa shape index (κ1) is 13.1. The van der Waals surface area contributed by atoms with Crippen LogP contribution in [0.25, 0.3) is 0 Å². The molecule has 1 atom stereocenters. The number of nitrogens with zero attached hydrogens (tertiary/aromatic N) is 1. The molecule has 1 aromatic carbocycles. The average molecular weight is 272 g/mol. The van der Waals surface area contributed by atoms with Crippen LogP contribution in [0.3, 0.4) is 0 Å². The van der Waals surface area contributed by atoms with Gasteiger partial charge in [0, 0.05) is 12.6 Å². The van der Waals surface area contributed by atoms with Crippen molar-refractivity contribution in [2.75, 3.05) is 25.9 Å². The number of carbonyl (C=O) groups is 1. The molecule has 0 spiro atoms. The van der Waals surface area contributed by atoms with E-state index in [0.29, 0.717) is 0 Å². The highest BCUT2D eigenvalue weighted by atomic mass is 35.5. The van der Waals surface area contributed by atoms with Crippen molar-refractivity contribution in [3.63, 3.8) is 0 Å². The number of carbonyl (C=O) groups excluding carboxylic acids is 1. The molecule has 6 heteroatoms. The zero-order valence-electron chi connectivity index (χ0n) is 10.0. The van der Waals surface area contributed by atoms with Gasteiger partial charge < -0.3 is 16.0 Å². The maximum absolute atomic E-state index is 13.6. The summed E-state index contributed by atoms with van der Waals surface area (Å²) in [5.41, 5.74) is 5.53. The van der Waals surface area contributed by atoms with Crippen molar-refractivity contribution in [3.8, 4) is 0 Å². The Balaban J connectivity index is 2.11. The molecular weight excluding hydrogens is 257 g/mol. The van der Waals surface area contributed by atoms with Gasteiger partial charge in [-0.1, -0.05) is 11.6 Å². The summed E-state index contributed by atoms with van der Waals surface area (Å²) >= 11 is 5.79. The molecule has 0 bridgehead atoms. The number of anilines is 1. The molecule has 1 aliphatic rings. The summed E-state index contributed by atoms with van der Waals surface area (Å²) in [6, 6.07) is 2.39. The highest BCUT2D eigenvalue weighted by molar-refractivity contribution is 6.33. The van der Waals surface area contributed by atoms with Crippen molar-refractivity contribution in [2.24, 2.45) is 0 Å². The third kappa shape index (κ3) is 2.73. The van der Waals surface area contributed by atoms with Crippen LogP contribution >= 0.6 is 11.6 Å². The minimum atomic E-state index is -0.652. The number of likely N-dealkylation sites (tertiary alicyclic amines) is 1. The summed E-state index contributed by atoms with van der Waals surface area (Å²) in [5, 5.41) is 2.98. The highest BCUT2D eigenvalue weighted by Gasteiger charge is 2.23. The lowest BCUT2D eigenvalue weighted by Crippen LogP contribution is -2.36. The molecule has 1 unspecified atom stereocenters. The van der Waals surface area contributed by atoms with Crippen LogP contribution in [0.5, 0.6) is 0 Å². The van der Waals surface area contributed by atoms with Crippen LogP contribution < -0.4 is 11.1 Å². The number of nitrogens with two attached hydrogens (primary N) is 1. The standard InChI is InChI=1S/C12H15ClFN3O/c1-17-3-2-7(6-17)16-12(18)8-4-9(13)11(15)5-10(8)14/h4-5,7H,2-3,6,15H2,1H3,(H,16,18). The largest absolute Gasteiger partial charge is 0.397 e. The minimum absolute atomic E-state index is 0.0539. The number of nitrogen functional groups attached to an aromatic ring is 1. The van der Waals surface area contributed by atoms with Gasteiger partial charge in [-0.3, -0.25) is 4.79 Å². The molecule has 98 valence electrons. The topological polar surface area (TPSA) is 58.4 Å². The number of hydrogen-bond acceptors (Lipinski definition) is 3. The van der Waals surface area contributed by atoms with Gasteiger partial charge in [-0.05, 0) is 32.1 Å². The van der Waals surface area contributed by atoms with E-state index in [2.05, 4.69) is 10.2 Å². The van der Waals surface area contributed by atoms with Crippen molar-refractivity contribution in [3.05, 3.63) is 28.5 Å². The molecule has 1 fully saturated rings. The maximum atomic E-state index is 13.6. The number of benzene rings is 1. The summed E-state index contributed by atoms with van der Waals surface area (Å²) in [4.78, 5) is 14.0. The molecule has 2 rings (SSSR count). The van der Waals surface area contributed by atoms with Gasteiger partial charge in [-0.2, -0.15) is 0 Å². The van der Waals surface area contributed by atoms with Crippen LogP contribution in [0.4, 0.5) is 10.1 Å². The Morgan fingerprint density at radius 3 is 2.94 bits per heavy atom. The van der Waals surface area contributed by atoms with E-state index in [-0.39, 0.29) is 22.3 Å². The van der Waals surface area contributed by atoms with Crippen LogP contribution in [0.15, 0.2) is 12.1 Å². The first-order valence-corrected chi connectivity index (χ1v) is 6.09. The maximum Gasteiger partial charge on any atom is 0.254 e. The van der Waals surface area contributed by atoms with E-state index in [4.69, 9.17) is 17.3 Å². The van der Waals surface area contributed by atoms with Crippen LogP contribution in [0.2, 0.25) is 5.02 Å². The third-order valence-electron chi connectivity index (χ3n) is 3.06. The van der Waals surface area contributed by atoms with Gasteiger partial charge in [0.05, 0.1) is 16.3 Å². The second kappa shape index (κ2) is 5.12. The molecule has 18 heavy (non-hydrogen) atoms. The zero-order chi connectivity index (χ0) is 13.3. The first-order chi connectivity index (χ1) is 8.47. The number of halogens is 2. The van der Waals surface area contributed by atoms with Gasteiger partial charge in [-0.25, -0.2) is 4.39 Å². The Labute approximate surface area is 110 Å². The van der Waals surface area contributed by atoms with E-state index >= 15 is 0 Å². The SMILES string of the molecule is CN1CCC(NC(=O)c2cc(Cl)c(N)cc2F)C1. The normalized spacial score (nSPS) is 20.1. The molecule has 0 aliphatic carbocycles. The van der Waals surface area contributed by atoms with Gasteiger partial charge in [0.25, 0.3) is 5.91 Å². The van der Waals surface area contributed by atoms with Gasteiger partial charge >= 0.3 is 0 Å². The Kier molecular flexibility index (Phi) is 3.73. The number of nitrogens with one attached hydrogen (secondary N) is 1. The fourth-order valence-electron chi connectivity index (χ4n) is 2.05. The van der Waals surface area contributed by atoms with Crippen LogP contribution in [0.1, 0.15) is 16.8 Å². The van der Waals surface area contributed by atoms with Gasteiger partial charge in [-0.15, -0.1) is 0 Å². The number of hydrogen-bond donors (Lipinski definition) is 2. The molecule has 0 radical (unpaired) electrons. The molecular formula is C12H15ClFN3O. The van der Waals surface area contributed by atoms with Gasteiger partial charge in [0.2, 0.25) is 0 Å². The number of amides is 1.